The van der Waals surface area contributed by atoms with Crippen LogP contribution in [0.25, 0.3) is 0 Å². The molecular weight excluding hydrogens is 358 g/mol. The number of nitrogens with zero attached hydrogens (tertiary/aromatic N) is 2. The quantitative estimate of drug-likeness (QED) is 0.455. The maximum absolute atomic E-state index is 12.5. The molecule has 0 aliphatic carbocycles. The van der Waals surface area contributed by atoms with Crippen LogP contribution in [0.3, 0.4) is 0 Å². The lowest BCUT2D eigenvalue weighted by atomic mass is 10.2. The first kappa shape index (κ1) is 20.9. The van der Waals surface area contributed by atoms with Gasteiger partial charge < -0.3 is 24.0 Å². The molecule has 0 N–H and O–H groups in total. The Kier molecular flexibility index (Phi) is 8.81. The van der Waals surface area contributed by atoms with E-state index in [4.69, 9.17) is 20.6 Å². The number of hydrogen-bond donors (Lipinski definition) is 0. The largest absolute Gasteiger partial charge is 0.491 e. The first-order chi connectivity index (χ1) is 13.1. The summed E-state index contributed by atoms with van der Waals surface area (Å²) >= 11 is 0. The van der Waals surface area contributed by atoms with E-state index in [-0.39, 0.29) is 19.7 Å². The molecule has 2 rings (SSSR count). The van der Waals surface area contributed by atoms with E-state index in [0.717, 1.165) is 5.69 Å². The van der Waals surface area contributed by atoms with Gasteiger partial charge in [-0.15, -0.1) is 6.42 Å². The van der Waals surface area contributed by atoms with Gasteiger partial charge >= 0.3 is 6.43 Å². The fraction of sp³-hybridized carbons (Fsp3) is 0.526. The van der Waals surface area contributed by atoms with Crippen LogP contribution in [0.4, 0.5) is 14.5 Å². The second-order valence-electron chi connectivity index (χ2n) is 5.83. The Labute approximate surface area is 158 Å². The Balaban J connectivity index is 1.71. The van der Waals surface area contributed by atoms with Gasteiger partial charge in [-0.25, -0.2) is 0 Å². The molecule has 27 heavy (non-hydrogen) atoms. The fourth-order valence-corrected chi connectivity index (χ4v) is 2.66. The van der Waals surface area contributed by atoms with Gasteiger partial charge in [0.1, 0.15) is 19.0 Å². The highest BCUT2D eigenvalue weighted by atomic mass is 19.3. The summed E-state index contributed by atoms with van der Waals surface area (Å²) in [6, 6.07) is 7.53. The lowest BCUT2D eigenvalue weighted by Crippen LogP contribution is -2.50. The SMILES string of the molecule is C#CCOCCOCCOc1cccc(N2CCN(C(=O)C(F)F)CC2)c1. The molecule has 0 bridgehead atoms. The van der Waals surface area contributed by atoms with Crippen molar-refractivity contribution in [1.82, 2.24) is 4.90 Å². The maximum atomic E-state index is 12.5. The molecule has 0 atom stereocenters. The summed E-state index contributed by atoms with van der Waals surface area (Å²) in [7, 11) is 0. The summed E-state index contributed by atoms with van der Waals surface area (Å²) < 4.78 is 41.1. The highest BCUT2D eigenvalue weighted by Crippen LogP contribution is 2.22. The van der Waals surface area contributed by atoms with Crippen molar-refractivity contribution in [2.24, 2.45) is 0 Å². The van der Waals surface area contributed by atoms with Crippen molar-refractivity contribution in [3.05, 3.63) is 24.3 Å². The number of rotatable bonds is 10. The molecule has 0 aromatic heterocycles. The van der Waals surface area contributed by atoms with Gasteiger partial charge in [0.15, 0.2) is 0 Å². The third-order valence-electron chi connectivity index (χ3n) is 4.01. The Bertz CT molecular complexity index is 628. The number of ether oxygens (including phenoxy) is 3. The Morgan fingerprint density at radius 1 is 1.11 bits per heavy atom. The molecule has 0 unspecified atom stereocenters. The standard InChI is InChI=1S/C19H24F2N2O4/c1-2-10-25-11-12-26-13-14-27-17-5-3-4-16(15-17)22-6-8-23(9-7-22)19(24)18(20)21/h1,3-5,15,18H,6-14H2. The monoisotopic (exact) mass is 382 g/mol. The van der Waals surface area contributed by atoms with E-state index in [0.29, 0.717) is 45.3 Å². The summed E-state index contributed by atoms with van der Waals surface area (Å²) in [6.07, 6.45) is 2.12. The van der Waals surface area contributed by atoms with E-state index in [9.17, 15) is 13.6 Å². The van der Waals surface area contributed by atoms with Gasteiger partial charge in [0.25, 0.3) is 5.91 Å². The number of alkyl halides is 2. The van der Waals surface area contributed by atoms with Crippen LogP contribution in [-0.2, 0) is 14.3 Å². The molecule has 0 spiro atoms. The van der Waals surface area contributed by atoms with Gasteiger partial charge in [-0.3, -0.25) is 4.79 Å². The van der Waals surface area contributed by atoms with Crippen molar-refractivity contribution in [3.63, 3.8) is 0 Å². The molecule has 1 aromatic rings. The predicted molar refractivity (Wildman–Crippen MR) is 97.2 cm³/mol. The van der Waals surface area contributed by atoms with E-state index in [2.05, 4.69) is 5.92 Å². The van der Waals surface area contributed by atoms with Gasteiger partial charge in [0, 0.05) is 37.9 Å². The van der Waals surface area contributed by atoms with Gasteiger partial charge in [-0.2, -0.15) is 8.78 Å². The normalized spacial score (nSPS) is 14.3. The zero-order valence-corrected chi connectivity index (χ0v) is 15.1. The minimum atomic E-state index is -2.95. The minimum Gasteiger partial charge on any atom is -0.491 e. The number of amides is 1. The summed E-state index contributed by atoms with van der Waals surface area (Å²) in [5, 5.41) is 0. The number of anilines is 1. The van der Waals surface area contributed by atoms with Crippen molar-refractivity contribution >= 4 is 11.6 Å². The van der Waals surface area contributed by atoms with E-state index < -0.39 is 12.3 Å². The van der Waals surface area contributed by atoms with Crippen molar-refractivity contribution in [2.75, 3.05) is 64.1 Å². The van der Waals surface area contributed by atoms with Crippen LogP contribution >= 0.6 is 0 Å². The number of carbonyl (C=O) groups excluding carboxylic acids is 1. The lowest BCUT2D eigenvalue weighted by molar-refractivity contribution is -0.143. The molecule has 148 valence electrons. The summed E-state index contributed by atoms with van der Waals surface area (Å²) in [4.78, 5) is 14.6. The number of hydrogen-bond acceptors (Lipinski definition) is 5. The Morgan fingerprint density at radius 2 is 1.81 bits per heavy atom. The van der Waals surface area contributed by atoms with Crippen molar-refractivity contribution in [1.29, 1.82) is 0 Å². The van der Waals surface area contributed by atoms with Crippen LogP contribution in [0.1, 0.15) is 0 Å². The predicted octanol–water partition coefficient (Wildman–Crippen LogP) is 1.65. The van der Waals surface area contributed by atoms with Gasteiger partial charge in [-0.1, -0.05) is 12.0 Å². The van der Waals surface area contributed by atoms with Crippen LogP contribution in [0.2, 0.25) is 0 Å². The summed E-state index contributed by atoms with van der Waals surface area (Å²) in [6.45, 7) is 3.57. The molecule has 1 amide bonds. The number of carbonyl (C=O) groups is 1. The van der Waals surface area contributed by atoms with E-state index in [1.165, 1.54) is 4.90 Å². The van der Waals surface area contributed by atoms with Gasteiger partial charge in [0.05, 0.1) is 19.8 Å². The van der Waals surface area contributed by atoms with Crippen LogP contribution in [-0.4, -0.2) is 76.4 Å². The molecule has 1 aromatic carbocycles. The number of terminal acetylenes is 1. The first-order valence-corrected chi connectivity index (χ1v) is 8.75. The molecule has 6 nitrogen and oxygen atoms in total. The Hall–Kier alpha value is -2.37. The molecule has 1 saturated heterocycles. The van der Waals surface area contributed by atoms with Crippen LogP contribution in [0.5, 0.6) is 5.75 Å². The van der Waals surface area contributed by atoms with Gasteiger partial charge in [0.2, 0.25) is 0 Å². The second kappa shape index (κ2) is 11.4. The fourth-order valence-electron chi connectivity index (χ4n) is 2.66. The van der Waals surface area contributed by atoms with Crippen LogP contribution < -0.4 is 9.64 Å². The minimum absolute atomic E-state index is 0.275. The molecule has 1 aliphatic heterocycles. The third kappa shape index (κ3) is 7.04. The Morgan fingerprint density at radius 3 is 2.52 bits per heavy atom. The van der Waals surface area contributed by atoms with Crippen LogP contribution in [0.15, 0.2) is 24.3 Å². The van der Waals surface area contributed by atoms with Gasteiger partial charge in [-0.05, 0) is 12.1 Å². The van der Waals surface area contributed by atoms with Crippen molar-refractivity contribution < 1.29 is 27.8 Å². The highest BCUT2D eigenvalue weighted by molar-refractivity contribution is 5.79. The van der Waals surface area contributed by atoms with Crippen molar-refractivity contribution in [3.8, 4) is 18.1 Å². The average Bonchev–Trinajstić information content (AvgIpc) is 2.69. The molecule has 1 heterocycles. The van der Waals surface area contributed by atoms with Crippen molar-refractivity contribution in [2.45, 2.75) is 6.43 Å². The first-order valence-electron chi connectivity index (χ1n) is 8.75. The molecular formula is C19H24F2N2O4. The second-order valence-corrected chi connectivity index (χ2v) is 5.83. The lowest BCUT2D eigenvalue weighted by Gasteiger charge is -2.36. The highest BCUT2D eigenvalue weighted by Gasteiger charge is 2.27. The number of piperazine rings is 1. The maximum Gasteiger partial charge on any atom is 0.315 e. The topological polar surface area (TPSA) is 51.2 Å². The molecule has 8 heteroatoms. The molecule has 0 saturated carbocycles. The molecule has 1 fully saturated rings. The van der Waals surface area contributed by atoms with E-state index in [1.807, 2.05) is 29.2 Å². The zero-order valence-electron chi connectivity index (χ0n) is 15.1. The number of halogens is 2. The summed E-state index contributed by atoms with van der Waals surface area (Å²) in [5.41, 5.74) is 0.931. The number of benzene rings is 1. The van der Waals surface area contributed by atoms with E-state index >= 15 is 0 Å². The summed E-state index contributed by atoms with van der Waals surface area (Å²) in [5.74, 6) is 1.98. The molecule has 1 aliphatic rings. The smallest absolute Gasteiger partial charge is 0.315 e. The average molecular weight is 382 g/mol. The third-order valence-corrected chi connectivity index (χ3v) is 4.01. The van der Waals surface area contributed by atoms with Crippen LogP contribution in [0, 0.1) is 12.3 Å². The molecule has 0 radical (unpaired) electrons. The van der Waals surface area contributed by atoms with E-state index in [1.54, 1.807) is 0 Å². The zero-order chi connectivity index (χ0) is 19.5.